The van der Waals surface area contributed by atoms with Gasteiger partial charge in [-0.15, -0.1) is 11.8 Å². The molecule has 0 heterocycles. The molecule has 1 aromatic rings. The maximum atomic E-state index is 12.1. The van der Waals surface area contributed by atoms with Crippen molar-refractivity contribution in [1.29, 1.82) is 0 Å². The molecule has 0 spiro atoms. The van der Waals surface area contributed by atoms with Crippen molar-refractivity contribution >= 4 is 23.6 Å². The van der Waals surface area contributed by atoms with Crippen molar-refractivity contribution in [3.8, 4) is 0 Å². The van der Waals surface area contributed by atoms with E-state index in [0.717, 1.165) is 31.0 Å². The molecular weight excluding hydrogens is 274 g/mol. The van der Waals surface area contributed by atoms with Crippen LogP contribution in [0, 0.1) is 0 Å². The standard InChI is InChI=1S/C15H19NO3S/c1-16(14(17)9-20-10-15(18)19)13-8-4-6-11-5-2-3-7-12(11)13/h2-3,5,7,13H,4,6,8-10H2,1H3,(H,18,19). The molecule has 4 nitrogen and oxygen atoms in total. The molecule has 0 saturated heterocycles. The molecule has 1 aromatic carbocycles. The van der Waals surface area contributed by atoms with Crippen molar-refractivity contribution in [3.05, 3.63) is 35.4 Å². The van der Waals surface area contributed by atoms with Gasteiger partial charge in [0.15, 0.2) is 0 Å². The van der Waals surface area contributed by atoms with Gasteiger partial charge in [-0.25, -0.2) is 0 Å². The molecule has 0 aliphatic heterocycles. The average Bonchev–Trinajstić information content (AvgIpc) is 2.45. The highest BCUT2D eigenvalue weighted by Crippen LogP contribution is 2.33. The number of nitrogens with zero attached hydrogens (tertiary/aromatic N) is 1. The van der Waals surface area contributed by atoms with Crippen LogP contribution in [0.25, 0.3) is 0 Å². The molecule has 1 amide bonds. The lowest BCUT2D eigenvalue weighted by Crippen LogP contribution is -2.34. The van der Waals surface area contributed by atoms with Gasteiger partial charge in [0.25, 0.3) is 0 Å². The first-order valence-corrected chi connectivity index (χ1v) is 7.88. The Morgan fingerprint density at radius 2 is 2.10 bits per heavy atom. The minimum atomic E-state index is -0.881. The lowest BCUT2D eigenvalue weighted by molar-refractivity contribution is -0.133. The van der Waals surface area contributed by atoms with E-state index in [1.807, 2.05) is 19.2 Å². The number of thioether (sulfide) groups is 1. The lowest BCUT2D eigenvalue weighted by atomic mass is 9.87. The van der Waals surface area contributed by atoms with Crippen molar-refractivity contribution in [1.82, 2.24) is 4.90 Å². The number of carbonyl (C=O) groups is 2. The molecule has 108 valence electrons. The molecule has 1 atom stereocenters. The number of carbonyl (C=O) groups excluding carboxylic acids is 1. The van der Waals surface area contributed by atoms with Crippen LogP contribution in [0.15, 0.2) is 24.3 Å². The summed E-state index contributed by atoms with van der Waals surface area (Å²) < 4.78 is 0. The zero-order valence-corrected chi connectivity index (χ0v) is 12.4. The van der Waals surface area contributed by atoms with E-state index in [2.05, 4.69) is 12.1 Å². The quantitative estimate of drug-likeness (QED) is 0.905. The number of carboxylic acid groups (broad SMARTS) is 1. The van der Waals surface area contributed by atoms with E-state index in [0.29, 0.717) is 0 Å². The van der Waals surface area contributed by atoms with Crippen LogP contribution < -0.4 is 0 Å². The second-order valence-electron chi connectivity index (χ2n) is 5.00. The number of hydrogen-bond acceptors (Lipinski definition) is 3. The topological polar surface area (TPSA) is 57.6 Å². The number of aliphatic carboxylic acids is 1. The first kappa shape index (κ1) is 14.9. The predicted octanol–water partition coefficient (Wildman–Crippen LogP) is 2.34. The normalized spacial score (nSPS) is 17.4. The van der Waals surface area contributed by atoms with Crippen LogP contribution in [0.5, 0.6) is 0 Å². The second-order valence-corrected chi connectivity index (χ2v) is 5.98. The first-order chi connectivity index (χ1) is 9.59. The molecule has 20 heavy (non-hydrogen) atoms. The molecule has 1 aliphatic rings. The molecular formula is C15H19NO3S. The number of benzene rings is 1. The fraction of sp³-hybridized carbons (Fsp3) is 0.467. The molecule has 0 radical (unpaired) electrons. The predicted molar refractivity (Wildman–Crippen MR) is 79.9 cm³/mol. The van der Waals surface area contributed by atoms with Gasteiger partial charge in [0.2, 0.25) is 5.91 Å². The summed E-state index contributed by atoms with van der Waals surface area (Å²) >= 11 is 1.15. The van der Waals surface area contributed by atoms with E-state index in [4.69, 9.17) is 5.11 Å². The third-order valence-electron chi connectivity index (χ3n) is 3.65. The Kier molecular flexibility index (Phi) is 5.06. The van der Waals surface area contributed by atoms with E-state index >= 15 is 0 Å². The number of aryl methyl sites for hydroxylation is 1. The van der Waals surface area contributed by atoms with Crippen LogP contribution >= 0.6 is 11.8 Å². The summed E-state index contributed by atoms with van der Waals surface area (Å²) in [5, 5.41) is 8.60. The highest BCUT2D eigenvalue weighted by atomic mass is 32.2. The second kappa shape index (κ2) is 6.79. The molecule has 0 fully saturated rings. The average molecular weight is 293 g/mol. The van der Waals surface area contributed by atoms with Gasteiger partial charge >= 0.3 is 5.97 Å². The van der Waals surface area contributed by atoms with E-state index in [1.165, 1.54) is 11.1 Å². The van der Waals surface area contributed by atoms with E-state index in [1.54, 1.807) is 4.90 Å². The lowest BCUT2D eigenvalue weighted by Gasteiger charge is -2.33. The number of hydrogen-bond donors (Lipinski definition) is 1. The van der Waals surface area contributed by atoms with Crippen molar-refractivity contribution < 1.29 is 14.7 Å². The van der Waals surface area contributed by atoms with Gasteiger partial charge in [-0.05, 0) is 30.4 Å². The van der Waals surface area contributed by atoms with Gasteiger partial charge in [-0.3, -0.25) is 9.59 Å². The van der Waals surface area contributed by atoms with Crippen molar-refractivity contribution in [3.63, 3.8) is 0 Å². The fourth-order valence-electron chi connectivity index (χ4n) is 2.63. The molecule has 0 saturated carbocycles. The molecule has 0 aromatic heterocycles. The van der Waals surface area contributed by atoms with E-state index in [-0.39, 0.29) is 23.5 Å². The van der Waals surface area contributed by atoms with Crippen LogP contribution in [-0.4, -0.2) is 40.4 Å². The monoisotopic (exact) mass is 293 g/mol. The zero-order valence-electron chi connectivity index (χ0n) is 11.5. The first-order valence-electron chi connectivity index (χ1n) is 6.72. The zero-order chi connectivity index (χ0) is 14.5. The Morgan fingerprint density at radius 3 is 2.85 bits per heavy atom. The molecule has 1 N–H and O–H groups in total. The summed E-state index contributed by atoms with van der Waals surface area (Å²) in [5.41, 5.74) is 2.56. The summed E-state index contributed by atoms with van der Waals surface area (Å²) in [4.78, 5) is 24.4. The third kappa shape index (κ3) is 3.54. The Balaban J connectivity index is 2.01. The summed E-state index contributed by atoms with van der Waals surface area (Å²) in [5.74, 6) is -0.686. The molecule has 0 bridgehead atoms. The molecule has 2 rings (SSSR count). The fourth-order valence-corrected chi connectivity index (χ4v) is 3.29. The van der Waals surface area contributed by atoms with Gasteiger partial charge in [-0.2, -0.15) is 0 Å². The van der Waals surface area contributed by atoms with Crippen LogP contribution in [0.3, 0.4) is 0 Å². The van der Waals surface area contributed by atoms with Gasteiger partial charge in [0.05, 0.1) is 17.5 Å². The van der Waals surface area contributed by atoms with Crippen LogP contribution in [0.1, 0.15) is 30.0 Å². The summed E-state index contributed by atoms with van der Waals surface area (Å²) in [6, 6.07) is 8.38. The highest BCUT2D eigenvalue weighted by Gasteiger charge is 2.26. The number of amides is 1. The summed E-state index contributed by atoms with van der Waals surface area (Å²) in [6.07, 6.45) is 3.13. The van der Waals surface area contributed by atoms with Gasteiger partial charge in [0, 0.05) is 7.05 Å². The Labute approximate surface area is 123 Å². The summed E-state index contributed by atoms with van der Waals surface area (Å²) in [6.45, 7) is 0. The van der Waals surface area contributed by atoms with E-state index < -0.39 is 5.97 Å². The number of fused-ring (bicyclic) bond motifs is 1. The number of carboxylic acids is 1. The maximum absolute atomic E-state index is 12.1. The largest absolute Gasteiger partial charge is 0.481 e. The molecule has 1 aliphatic carbocycles. The van der Waals surface area contributed by atoms with Crippen molar-refractivity contribution in [2.75, 3.05) is 18.6 Å². The highest BCUT2D eigenvalue weighted by molar-refractivity contribution is 8.00. The van der Waals surface area contributed by atoms with Gasteiger partial charge in [0.1, 0.15) is 0 Å². The molecule has 5 heteroatoms. The van der Waals surface area contributed by atoms with Gasteiger partial charge in [-0.1, -0.05) is 24.3 Å². The van der Waals surface area contributed by atoms with Gasteiger partial charge < -0.3 is 10.0 Å². The third-order valence-corrected chi connectivity index (χ3v) is 4.55. The SMILES string of the molecule is CN(C(=O)CSCC(=O)O)C1CCCc2ccccc21. The minimum Gasteiger partial charge on any atom is -0.481 e. The smallest absolute Gasteiger partial charge is 0.313 e. The number of rotatable bonds is 5. The Bertz CT molecular complexity index is 504. The van der Waals surface area contributed by atoms with Crippen LogP contribution in [0.4, 0.5) is 0 Å². The minimum absolute atomic E-state index is 0.00190. The Morgan fingerprint density at radius 1 is 1.35 bits per heavy atom. The summed E-state index contributed by atoms with van der Waals surface area (Å²) in [7, 11) is 1.82. The van der Waals surface area contributed by atoms with Crippen molar-refractivity contribution in [2.24, 2.45) is 0 Å². The van der Waals surface area contributed by atoms with Crippen molar-refractivity contribution in [2.45, 2.75) is 25.3 Å². The maximum Gasteiger partial charge on any atom is 0.313 e. The van der Waals surface area contributed by atoms with E-state index in [9.17, 15) is 9.59 Å². The van der Waals surface area contributed by atoms with Crippen LogP contribution in [-0.2, 0) is 16.0 Å². The molecule has 1 unspecified atom stereocenters. The Hall–Kier alpha value is -1.49. The van der Waals surface area contributed by atoms with Crippen LogP contribution in [0.2, 0.25) is 0 Å².